The SMILES string of the molecule is CC(Oc1cccc(Cl)c1)C(=O)NCCCCCC(=O)O. The first-order chi connectivity index (χ1) is 9.99. The molecule has 0 spiro atoms. The van der Waals surface area contributed by atoms with Crippen molar-refractivity contribution in [2.24, 2.45) is 0 Å². The van der Waals surface area contributed by atoms with E-state index >= 15 is 0 Å². The van der Waals surface area contributed by atoms with E-state index in [0.29, 0.717) is 23.7 Å². The number of aliphatic carboxylic acids is 1. The Bertz CT molecular complexity index is 478. The maximum absolute atomic E-state index is 11.8. The van der Waals surface area contributed by atoms with E-state index in [4.69, 9.17) is 21.4 Å². The van der Waals surface area contributed by atoms with Gasteiger partial charge in [-0.05, 0) is 38.0 Å². The highest BCUT2D eigenvalue weighted by atomic mass is 35.5. The summed E-state index contributed by atoms with van der Waals surface area (Å²) in [5, 5.41) is 11.8. The fraction of sp³-hybridized carbons (Fsp3) is 0.467. The maximum atomic E-state index is 11.8. The average Bonchev–Trinajstić information content (AvgIpc) is 2.42. The first kappa shape index (κ1) is 17.3. The van der Waals surface area contributed by atoms with E-state index in [-0.39, 0.29) is 12.3 Å². The Balaban J connectivity index is 2.21. The van der Waals surface area contributed by atoms with Gasteiger partial charge < -0.3 is 15.2 Å². The Hall–Kier alpha value is -1.75. The Morgan fingerprint density at radius 2 is 2.10 bits per heavy atom. The van der Waals surface area contributed by atoms with Crippen LogP contribution in [0.15, 0.2) is 24.3 Å². The molecule has 116 valence electrons. The number of carbonyl (C=O) groups excluding carboxylic acids is 1. The predicted octanol–water partition coefficient (Wildman–Crippen LogP) is 2.87. The van der Waals surface area contributed by atoms with Crippen molar-refractivity contribution in [1.29, 1.82) is 0 Å². The minimum atomic E-state index is -0.789. The highest BCUT2D eigenvalue weighted by Gasteiger charge is 2.13. The van der Waals surface area contributed by atoms with Gasteiger partial charge in [0.25, 0.3) is 5.91 Å². The number of carboxylic acid groups (broad SMARTS) is 1. The predicted molar refractivity (Wildman–Crippen MR) is 80.7 cm³/mol. The molecule has 0 saturated carbocycles. The van der Waals surface area contributed by atoms with E-state index in [0.717, 1.165) is 12.8 Å². The average molecular weight is 314 g/mol. The van der Waals surface area contributed by atoms with Crippen molar-refractivity contribution < 1.29 is 19.4 Å². The molecule has 1 aromatic rings. The molecule has 2 N–H and O–H groups in total. The molecule has 0 saturated heterocycles. The number of amides is 1. The number of halogens is 1. The quantitative estimate of drug-likeness (QED) is 0.687. The number of benzene rings is 1. The van der Waals surface area contributed by atoms with Crippen molar-refractivity contribution in [3.8, 4) is 5.75 Å². The molecule has 5 nitrogen and oxygen atoms in total. The summed E-state index contributed by atoms with van der Waals surface area (Å²) in [5.74, 6) is -0.442. The molecule has 1 aromatic carbocycles. The van der Waals surface area contributed by atoms with Gasteiger partial charge in [-0.3, -0.25) is 9.59 Å². The van der Waals surface area contributed by atoms with Crippen LogP contribution in [-0.4, -0.2) is 29.6 Å². The number of rotatable bonds is 9. The van der Waals surface area contributed by atoms with Crippen LogP contribution in [0.25, 0.3) is 0 Å². The summed E-state index contributed by atoms with van der Waals surface area (Å²) in [6.45, 7) is 2.18. The van der Waals surface area contributed by atoms with Crippen molar-refractivity contribution in [1.82, 2.24) is 5.32 Å². The van der Waals surface area contributed by atoms with Crippen LogP contribution in [0.4, 0.5) is 0 Å². The normalized spacial score (nSPS) is 11.7. The van der Waals surface area contributed by atoms with Crippen LogP contribution >= 0.6 is 11.6 Å². The van der Waals surface area contributed by atoms with Crippen molar-refractivity contribution >= 4 is 23.5 Å². The second-order valence-corrected chi connectivity index (χ2v) is 5.15. The van der Waals surface area contributed by atoms with Gasteiger partial charge in [-0.1, -0.05) is 24.1 Å². The summed E-state index contributed by atoms with van der Waals surface area (Å²) in [6, 6.07) is 6.87. The van der Waals surface area contributed by atoms with Crippen LogP contribution in [0.5, 0.6) is 5.75 Å². The van der Waals surface area contributed by atoms with Crippen LogP contribution in [-0.2, 0) is 9.59 Å². The van der Waals surface area contributed by atoms with E-state index in [1.54, 1.807) is 31.2 Å². The molecule has 1 rings (SSSR count). The summed E-state index contributed by atoms with van der Waals surface area (Å²) in [7, 11) is 0. The molecule has 1 amide bonds. The second-order valence-electron chi connectivity index (χ2n) is 4.71. The summed E-state index contributed by atoms with van der Waals surface area (Å²) in [6.07, 6.45) is 1.71. The van der Waals surface area contributed by atoms with Crippen molar-refractivity contribution in [2.75, 3.05) is 6.54 Å². The molecule has 0 radical (unpaired) electrons. The van der Waals surface area contributed by atoms with Gasteiger partial charge >= 0.3 is 5.97 Å². The van der Waals surface area contributed by atoms with Crippen molar-refractivity contribution in [3.63, 3.8) is 0 Å². The van der Waals surface area contributed by atoms with Crippen LogP contribution in [0.2, 0.25) is 5.02 Å². The molecular formula is C15H20ClNO4. The third-order valence-electron chi connectivity index (χ3n) is 2.84. The minimum absolute atomic E-state index is 0.169. The highest BCUT2D eigenvalue weighted by molar-refractivity contribution is 6.30. The second kappa shape index (κ2) is 9.23. The van der Waals surface area contributed by atoms with Gasteiger partial charge in [-0.25, -0.2) is 0 Å². The molecule has 0 aromatic heterocycles. The van der Waals surface area contributed by atoms with E-state index in [2.05, 4.69) is 5.32 Å². The van der Waals surface area contributed by atoms with Gasteiger partial charge in [0.05, 0.1) is 0 Å². The third kappa shape index (κ3) is 7.56. The molecule has 1 unspecified atom stereocenters. The minimum Gasteiger partial charge on any atom is -0.481 e. The molecule has 0 fully saturated rings. The molecule has 0 aliphatic heterocycles. The number of carbonyl (C=O) groups is 2. The molecule has 6 heteroatoms. The zero-order valence-corrected chi connectivity index (χ0v) is 12.7. The Kier molecular flexibility index (Phi) is 7.61. The fourth-order valence-electron chi connectivity index (χ4n) is 1.73. The van der Waals surface area contributed by atoms with Gasteiger partial charge in [0.15, 0.2) is 6.10 Å². The molecule has 0 heterocycles. The Morgan fingerprint density at radius 3 is 2.76 bits per heavy atom. The van der Waals surface area contributed by atoms with Gasteiger partial charge in [-0.2, -0.15) is 0 Å². The molecule has 0 aliphatic carbocycles. The zero-order valence-electron chi connectivity index (χ0n) is 12.0. The van der Waals surface area contributed by atoms with Gasteiger partial charge in [0, 0.05) is 18.0 Å². The standard InChI is InChI=1S/C15H20ClNO4/c1-11(21-13-7-5-6-12(16)10-13)15(20)17-9-4-2-3-8-14(18)19/h5-7,10-11H,2-4,8-9H2,1H3,(H,17,20)(H,18,19). The highest BCUT2D eigenvalue weighted by Crippen LogP contribution is 2.18. The zero-order chi connectivity index (χ0) is 15.7. The van der Waals surface area contributed by atoms with Crippen molar-refractivity contribution in [3.05, 3.63) is 29.3 Å². The topological polar surface area (TPSA) is 75.6 Å². The summed E-state index contributed by atoms with van der Waals surface area (Å²) >= 11 is 5.84. The number of hydrogen-bond donors (Lipinski definition) is 2. The van der Waals surface area contributed by atoms with E-state index < -0.39 is 12.1 Å². The number of hydrogen-bond acceptors (Lipinski definition) is 3. The summed E-state index contributed by atoms with van der Waals surface area (Å²) in [4.78, 5) is 22.1. The molecule has 0 bridgehead atoms. The molecule has 21 heavy (non-hydrogen) atoms. The van der Waals surface area contributed by atoms with Gasteiger partial charge in [-0.15, -0.1) is 0 Å². The summed E-state index contributed by atoms with van der Waals surface area (Å²) < 4.78 is 5.49. The van der Waals surface area contributed by atoms with Gasteiger partial charge in [0.2, 0.25) is 0 Å². The summed E-state index contributed by atoms with van der Waals surface area (Å²) in [5.41, 5.74) is 0. The Morgan fingerprint density at radius 1 is 1.33 bits per heavy atom. The van der Waals surface area contributed by atoms with E-state index in [1.165, 1.54) is 0 Å². The van der Waals surface area contributed by atoms with Crippen LogP contribution < -0.4 is 10.1 Å². The lowest BCUT2D eigenvalue weighted by atomic mass is 10.2. The van der Waals surface area contributed by atoms with E-state index in [1.807, 2.05) is 0 Å². The monoisotopic (exact) mass is 313 g/mol. The Labute approximate surface area is 129 Å². The molecule has 0 aliphatic rings. The third-order valence-corrected chi connectivity index (χ3v) is 3.08. The van der Waals surface area contributed by atoms with Crippen LogP contribution in [0.1, 0.15) is 32.6 Å². The largest absolute Gasteiger partial charge is 0.481 e. The van der Waals surface area contributed by atoms with Crippen LogP contribution in [0, 0.1) is 0 Å². The van der Waals surface area contributed by atoms with Crippen molar-refractivity contribution in [2.45, 2.75) is 38.7 Å². The first-order valence-corrected chi connectivity index (χ1v) is 7.28. The lowest BCUT2D eigenvalue weighted by Crippen LogP contribution is -2.36. The van der Waals surface area contributed by atoms with Crippen LogP contribution in [0.3, 0.4) is 0 Å². The lowest BCUT2D eigenvalue weighted by Gasteiger charge is -2.14. The number of ether oxygens (including phenoxy) is 1. The number of nitrogens with one attached hydrogen (secondary N) is 1. The smallest absolute Gasteiger partial charge is 0.303 e. The molecular weight excluding hydrogens is 294 g/mol. The fourth-order valence-corrected chi connectivity index (χ4v) is 1.91. The van der Waals surface area contributed by atoms with Gasteiger partial charge in [0.1, 0.15) is 5.75 Å². The lowest BCUT2D eigenvalue weighted by molar-refractivity contribution is -0.137. The number of carboxylic acids is 1. The maximum Gasteiger partial charge on any atom is 0.303 e. The number of unbranched alkanes of at least 4 members (excludes halogenated alkanes) is 2. The molecule has 1 atom stereocenters. The first-order valence-electron chi connectivity index (χ1n) is 6.91. The van der Waals surface area contributed by atoms with E-state index in [9.17, 15) is 9.59 Å².